The lowest BCUT2D eigenvalue weighted by Crippen LogP contribution is -2.49. The van der Waals surface area contributed by atoms with E-state index >= 15 is 0 Å². The maximum Gasteiger partial charge on any atom is 0.349 e. The van der Waals surface area contributed by atoms with Crippen LogP contribution in [0.5, 0.6) is 0 Å². The third kappa shape index (κ3) is 3.35. The second-order valence-electron chi connectivity index (χ2n) is 7.42. The zero-order valence-electron chi connectivity index (χ0n) is 16.6. The normalized spacial score (nSPS) is 14.6. The number of rotatable bonds is 3. The Balaban J connectivity index is 1.33. The van der Waals surface area contributed by atoms with Crippen molar-refractivity contribution in [2.24, 2.45) is 0 Å². The molecule has 0 unspecified atom stereocenters. The quantitative estimate of drug-likeness (QED) is 0.471. The Hall–Kier alpha value is -3.19. The molecule has 1 aliphatic rings. The molecule has 152 valence electrons. The number of thiazole rings is 1. The van der Waals surface area contributed by atoms with Gasteiger partial charge in [0.15, 0.2) is 5.13 Å². The molecule has 0 spiro atoms. The summed E-state index contributed by atoms with van der Waals surface area (Å²) in [7, 11) is 0. The summed E-state index contributed by atoms with van der Waals surface area (Å²) in [5.74, 6) is -0.272. The van der Waals surface area contributed by atoms with Gasteiger partial charge in [-0.15, -0.1) is 0 Å². The van der Waals surface area contributed by atoms with Crippen LogP contribution in [-0.2, 0) is 6.42 Å². The van der Waals surface area contributed by atoms with Gasteiger partial charge in [-0.05, 0) is 36.2 Å². The summed E-state index contributed by atoms with van der Waals surface area (Å²) in [5.41, 5.74) is 2.32. The Labute approximate surface area is 177 Å². The molecule has 1 fully saturated rings. The number of fused-ring (bicyclic) bond motifs is 2. The van der Waals surface area contributed by atoms with Crippen LogP contribution in [0.25, 0.3) is 21.2 Å². The summed E-state index contributed by atoms with van der Waals surface area (Å²) in [4.78, 5) is 34.0. The minimum absolute atomic E-state index is 0.0919. The maximum atomic E-state index is 13.0. The number of piperazine rings is 1. The molecule has 2 aromatic carbocycles. The largest absolute Gasteiger partial charge is 0.422 e. The van der Waals surface area contributed by atoms with Gasteiger partial charge in [0.1, 0.15) is 11.1 Å². The van der Waals surface area contributed by atoms with E-state index in [1.807, 2.05) is 12.1 Å². The van der Waals surface area contributed by atoms with Gasteiger partial charge in [-0.1, -0.05) is 42.5 Å². The van der Waals surface area contributed by atoms with E-state index in [1.165, 1.54) is 10.3 Å². The van der Waals surface area contributed by atoms with Crippen LogP contribution in [0.4, 0.5) is 5.13 Å². The maximum absolute atomic E-state index is 13.0. The molecular formula is C23H21N3O3S. The Kier molecular flexibility index (Phi) is 4.75. The number of hydrogen-bond donors (Lipinski definition) is 0. The van der Waals surface area contributed by atoms with Crippen molar-refractivity contribution in [1.29, 1.82) is 0 Å². The SMILES string of the molecule is CCc1ccc2nc(N3CCN(C(=O)c4cc5ccccc5oc4=O)CC3)sc2c1. The molecule has 3 heterocycles. The second-order valence-corrected chi connectivity index (χ2v) is 8.43. The molecule has 5 rings (SSSR count). The number of carbonyl (C=O) groups is 1. The van der Waals surface area contributed by atoms with Crippen molar-refractivity contribution in [2.45, 2.75) is 13.3 Å². The average Bonchev–Trinajstić information content (AvgIpc) is 3.21. The summed E-state index contributed by atoms with van der Waals surface area (Å²) in [6.07, 6.45) is 1.01. The zero-order valence-corrected chi connectivity index (χ0v) is 17.4. The number of para-hydroxylation sites is 1. The van der Waals surface area contributed by atoms with Crippen molar-refractivity contribution >= 4 is 43.6 Å². The van der Waals surface area contributed by atoms with Gasteiger partial charge in [-0.3, -0.25) is 4.79 Å². The van der Waals surface area contributed by atoms with Crippen molar-refractivity contribution in [2.75, 3.05) is 31.1 Å². The highest BCUT2D eigenvalue weighted by molar-refractivity contribution is 7.22. The standard InChI is InChI=1S/C23H21N3O3S/c1-2-15-7-8-18-20(13-15)30-23(24-18)26-11-9-25(10-12-26)21(27)17-14-16-5-3-4-6-19(16)29-22(17)28/h3-8,13-14H,2,9-12H2,1H3. The van der Waals surface area contributed by atoms with E-state index in [-0.39, 0.29) is 11.5 Å². The van der Waals surface area contributed by atoms with Crippen LogP contribution in [0.15, 0.2) is 57.7 Å². The van der Waals surface area contributed by atoms with E-state index in [0.29, 0.717) is 31.8 Å². The van der Waals surface area contributed by atoms with Crippen molar-refractivity contribution in [3.05, 3.63) is 70.1 Å². The first kappa shape index (κ1) is 18.8. The van der Waals surface area contributed by atoms with Gasteiger partial charge in [0.25, 0.3) is 5.91 Å². The highest BCUT2D eigenvalue weighted by Gasteiger charge is 2.26. The summed E-state index contributed by atoms with van der Waals surface area (Å²) in [6.45, 7) is 4.61. The van der Waals surface area contributed by atoms with Crippen LogP contribution in [-0.4, -0.2) is 42.0 Å². The lowest BCUT2D eigenvalue weighted by atomic mass is 10.1. The lowest BCUT2D eigenvalue weighted by molar-refractivity contribution is 0.0742. The monoisotopic (exact) mass is 419 g/mol. The molecule has 6 nitrogen and oxygen atoms in total. The minimum Gasteiger partial charge on any atom is -0.422 e. The highest BCUT2D eigenvalue weighted by atomic mass is 32.1. The van der Waals surface area contributed by atoms with Crippen LogP contribution in [0, 0.1) is 0 Å². The number of benzene rings is 2. The molecule has 1 saturated heterocycles. The van der Waals surface area contributed by atoms with E-state index in [2.05, 4.69) is 30.0 Å². The zero-order chi connectivity index (χ0) is 20.7. The molecule has 7 heteroatoms. The van der Waals surface area contributed by atoms with E-state index in [9.17, 15) is 9.59 Å². The third-order valence-electron chi connectivity index (χ3n) is 5.56. The highest BCUT2D eigenvalue weighted by Crippen LogP contribution is 2.30. The molecule has 4 aromatic rings. The molecule has 1 amide bonds. The summed E-state index contributed by atoms with van der Waals surface area (Å²) in [6, 6.07) is 15.3. The topological polar surface area (TPSA) is 66.7 Å². The Morgan fingerprint density at radius 3 is 2.70 bits per heavy atom. The average molecular weight is 420 g/mol. The van der Waals surface area contributed by atoms with Crippen LogP contribution in [0.1, 0.15) is 22.8 Å². The molecule has 0 aliphatic carbocycles. The van der Waals surface area contributed by atoms with Gasteiger partial charge in [0.05, 0.1) is 10.2 Å². The Morgan fingerprint density at radius 2 is 1.90 bits per heavy atom. The fraction of sp³-hybridized carbons (Fsp3) is 0.261. The number of hydrogen-bond acceptors (Lipinski definition) is 6. The van der Waals surface area contributed by atoms with Gasteiger partial charge in [-0.2, -0.15) is 0 Å². The first-order valence-corrected chi connectivity index (χ1v) is 10.9. The predicted octanol–water partition coefficient (Wildman–Crippen LogP) is 3.93. The fourth-order valence-electron chi connectivity index (χ4n) is 3.79. The first-order valence-electron chi connectivity index (χ1n) is 10.1. The first-order chi connectivity index (χ1) is 14.6. The van der Waals surface area contributed by atoms with E-state index in [1.54, 1.807) is 34.4 Å². The van der Waals surface area contributed by atoms with E-state index < -0.39 is 5.63 Å². The van der Waals surface area contributed by atoms with Gasteiger partial charge in [0, 0.05) is 31.6 Å². The van der Waals surface area contributed by atoms with Crippen LogP contribution < -0.4 is 10.5 Å². The smallest absolute Gasteiger partial charge is 0.349 e. The van der Waals surface area contributed by atoms with Gasteiger partial charge in [-0.25, -0.2) is 9.78 Å². The van der Waals surface area contributed by atoms with Crippen LogP contribution >= 0.6 is 11.3 Å². The number of carbonyl (C=O) groups excluding carboxylic acids is 1. The molecule has 0 atom stereocenters. The number of nitrogens with zero attached hydrogens (tertiary/aromatic N) is 3. The molecule has 1 aliphatic heterocycles. The Bertz CT molecular complexity index is 1300. The molecule has 0 N–H and O–H groups in total. The van der Waals surface area contributed by atoms with E-state index in [4.69, 9.17) is 9.40 Å². The number of anilines is 1. The fourth-order valence-corrected chi connectivity index (χ4v) is 4.88. The van der Waals surface area contributed by atoms with E-state index in [0.717, 1.165) is 22.5 Å². The summed E-state index contributed by atoms with van der Waals surface area (Å²) in [5, 5.41) is 1.73. The number of amides is 1. The van der Waals surface area contributed by atoms with Crippen molar-refractivity contribution in [1.82, 2.24) is 9.88 Å². The predicted molar refractivity (Wildman–Crippen MR) is 120 cm³/mol. The van der Waals surface area contributed by atoms with Crippen LogP contribution in [0.2, 0.25) is 0 Å². The molecule has 0 bridgehead atoms. The van der Waals surface area contributed by atoms with Crippen molar-refractivity contribution in [3.63, 3.8) is 0 Å². The van der Waals surface area contributed by atoms with Crippen molar-refractivity contribution in [3.8, 4) is 0 Å². The van der Waals surface area contributed by atoms with Crippen LogP contribution in [0.3, 0.4) is 0 Å². The lowest BCUT2D eigenvalue weighted by Gasteiger charge is -2.34. The molecule has 2 aromatic heterocycles. The number of aromatic nitrogens is 1. The molecular weight excluding hydrogens is 398 g/mol. The summed E-state index contributed by atoms with van der Waals surface area (Å²) >= 11 is 1.69. The second kappa shape index (κ2) is 7.57. The van der Waals surface area contributed by atoms with Gasteiger partial charge >= 0.3 is 5.63 Å². The molecule has 0 saturated carbocycles. The molecule has 30 heavy (non-hydrogen) atoms. The Morgan fingerprint density at radius 1 is 1.10 bits per heavy atom. The minimum atomic E-state index is -0.584. The van der Waals surface area contributed by atoms with Crippen molar-refractivity contribution < 1.29 is 9.21 Å². The van der Waals surface area contributed by atoms with Gasteiger partial charge in [0.2, 0.25) is 0 Å². The summed E-state index contributed by atoms with van der Waals surface area (Å²) < 4.78 is 6.52. The van der Waals surface area contributed by atoms with Gasteiger partial charge < -0.3 is 14.2 Å². The molecule has 0 radical (unpaired) electrons. The third-order valence-corrected chi connectivity index (χ3v) is 6.64. The number of aryl methyl sites for hydroxylation is 1.